The number of aromatic amines is 1. The van der Waals surface area contributed by atoms with Gasteiger partial charge in [-0.1, -0.05) is 0 Å². The fourth-order valence-corrected chi connectivity index (χ4v) is 3.11. The maximum atomic E-state index is 12.9. The number of carbonyl (C=O) groups is 4. The number of rotatable bonds is 15. The molecule has 1 aromatic rings. The van der Waals surface area contributed by atoms with Crippen molar-refractivity contribution in [1.29, 1.82) is 0 Å². The Balaban J connectivity index is 2.92. The lowest BCUT2D eigenvalue weighted by Gasteiger charge is -2.24. The molecule has 0 fully saturated rings. The fourth-order valence-electron chi connectivity index (χ4n) is 2.69. The number of nitrogens with two attached hydrogens (primary N) is 3. The number of aromatic nitrogens is 2. The molecular weight excluding hydrogens is 486 g/mol. The molecule has 0 radical (unpaired) electrons. The van der Waals surface area contributed by atoms with Crippen LogP contribution in [0.4, 0.5) is 0 Å². The molecule has 0 saturated heterocycles. The topological polar surface area (TPSA) is 244 Å². The van der Waals surface area contributed by atoms with E-state index in [0.717, 1.165) is 0 Å². The molecular formula is C18H31N9O5S2. The summed E-state index contributed by atoms with van der Waals surface area (Å²) < 4.78 is 0. The van der Waals surface area contributed by atoms with Crippen LogP contribution < -0.4 is 33.2 Å². The quantitative estimate of drug-likeness (QED) is 0.0484. The van der Waals surface area contributed by atoms with Crippen LogP contribution in [0.2, 0.25) is 0 Å². The Morgan fingerprint density at radius 2 is 1.65 bits per heavy atom. The van der Waals surface area contributed by atoms with E-state index >= 15 is 0 Å². The van der Waals surface area contributed by atoms with Crippen molar-refractivity contribution in [3.05, 3.63) is 18.2 Å². The van der Waals surface area contributed by atoms with Gasteiger partial charge in [0, 0.05) is 36.4 Å². The average molecular weight is 518 g/mol. The van der Waals surface area contributed by atoms with E-state index in [-0.39, 0.29) is 36.9 Å². The van der Waals surface area contributed by atoms with Crippen molar-refractivity contribution in [1.82, 2.24) is 25.9 Å². The van der Waals surface area contributed by atoms with Gasteiger partial charge in [0.15, 0.2) is 5.96 Å². The van der Waals surface area contributed by atoms with Gasteiger partial charge in [0.05, 0.1) is 12.4 Å². The highest BCUT2D eigenvalue weighted by molar-refractivity contribution is 7.80. The number of hydrogen-bond donors (Lipinski definition) is 10. The number of guanidine groups is 1. The van der Waals surface area contributed by atoms with Crippen LogP contribution in [-0.2, 0) is 25.6 Å². The smallest absolute Gasteiger partial charge is 0.326 e. The van der Waals surface area contributed by atoms with Gasteiger partial charge in [0.1, 0.15) is 18.1 Å². The maximum absolute atomic E-state index is 12.9. The van der Waals surface area contributed by atoms with E-state index in [4.69, 9.17) is 17.2 Å². The Hall–Kier alpha value is -2.98. The third-order valence-corrected chi connectivity index (χ3v) is 5.28. The number of hydrogen-bond acceptors (Lipinski definition) is 9. The van der Waals surface area contributed by atoms with Crippen molar-refractivity contribution in [2.45, 2.75) is 43.4 Å². The minimum absolute atomic E-state index is 0.0126. The first-order valence-corrected chi connectivity index (χ1v) is 11.5. The summed E-state index contributed by atoms with van der Waals surface area (Å²) in [6, 6.07) is -4.44. The molecule has 4 unspecified atom stereocenters. The van der Waals surface area contributed by atoms with E-state index in [9.17, 15) is 24.3 Å². The molecule has 1 heterocycles. The molecule has 4 atom stereocenters. The van der Waals surface area contributed by atoms with Crippen molar-refractivity contribution < 1.29 is 24.3 Å². The highest BCUT2D eigenvalue weighted by atomic mass is 32.1. The summed E-state index contributed by atoms with van der Waals surface area (Å²) in [5, 5.41) is 16.9. The lowest BCUT2D eigenvalue weighted by molar-refractivity contribution is -0.142. The summed E-state index contributed by atoms with van der Waals surface area (Å²) in [5.74, 6) is -3.44. The second-order valence-corrected chi connectivity index (χ2v) is 7.95. The normalized spacial score (nSPS) is 14.2. The molecule has 14 nitrogen and oxygen atoms in total. The Labute approximate surface area is 207 Å². The second-order valence-electron chi connectivity index (χ2n) is 7.22. The highest BCUT2D eigenvalue weighted by Gasteiger charge is 2.30. The lowest BCUT2D eigenvalue weighted by Crippen LogP contribution is -2.58. The molecule has 0 aliphatic rings. The minimum Gasteiger partial charge on any atom is -0.480 e. The number of carboxylic acids is 1. The molecule has 34 heavy (non-hydrogen) atoms. The van der Waals surface area contributed by atoms with Crippen LogP contribution in [0, 0.1) is 0 Å². The molecule has 1 rings (SSSR count). The summed E-state index contributed by atoms with van der Waals surface area (Å²) in [5.41, 5.74) is 16.6. The van der Waals surface area contributed by atoms with Gasteiger partial charge in [0.2, 0.25) is 17.7 Å². The summed E-state index contributed by atoms with van der Waals surface area (Å²) in [4.78, 5) is 59.8. The zero-order chi connectivity index (χ0) is 25.7. The van der Waals surface area contributed by atoms with Crippen molar-refractivity contribution in [3.63, 3.8) is 0 Å². The molecule has 3 amide bonds. The van der Waals surface area contributed by atoms with E-state index in [1.807, 2.05) is 0 Å². The van der Waals surface area contributed by atoms with Crippen LogP contribution in [0.25, 0.3) is 0 Å². The van der Waals surface area contributed by atoms with Crippen LogP contribution in [-0.4, -0.2) is 86.9 Å². The first kappa shape index (κ1) is 29.1. The first-order valence-electron chi connectivity index (χ1n) is 10.2. The zero-order valence-electron chi connectivity index (χ0n) is 18.3. The number of nitrogens with zero attached hydrogens (tertiary/aromatic N) is 2. The van der Waals surface area contributed by atoms with Gasteiger partial charge in [-0.25, -0.2) is 9.78 Å². The molecule has 16 heteroatoms. The number of H-pyrrole nitrogens is 1. The van der Waals surface area contributed by atoms with Gasteiger partial charge in [-0.05, 0) is 12.8 Å². The number of carboxylic acid groups (broad SMARTS) is 1. The molecule has 0 aliphatic carbocycles. The van der Waals surface area contributed by atoms with Crippen molar-refractivity contribution in [2.75, 3.05) is 18.1 Å². The predicted octanol–water partition coefficient (Wildman–Crippen LogP) is -3.27. The van der Waals surface area contributed by atoms with Gasteiger partial charge in [0.25, 0.3) is 0 Å². The van der Waals surface area contributed by atoms with E-state index < -0.39 is 47.9 Å². The zero-order valence-corrected chi connectivity index (χ0v) is 20.1. The molecule has 0 aromatic carbocycles. The number of nitrogens with one attached hydrogen (secondary N) is 4. The molecule has 11 N–H and O–H groups in total. The number of amides is 3. The average Bonchev–Trinajstić information content (AvgIpc) is 3.30. The molecule has 190 valence electrons. The largest absolute Gasteiger partial charge is 0.480 e. The van der Waals surface area contributed by atoms with Crippen LogP contribution in [0.5, 0.6) is 0 Å². The maximum Gasteiger partial charge on any atom is 0.326 e. The van der Waals surface area contributed by atoms with Crippen molar-refractivity contribution in [2.24, 2.45) is 22.2 Å². The Kier molecular flexibility index (Phi) is 12.8. The first-order chi connectivity index (χ1) is 16.1. The van der Waals surface area contributed by atoms with Crippen LogP contribution in [0.1, 0.15) is 18.5 Å². The summed E-state index contributed by atoms with van der Waals surface area (Å²) in [7, 11) is 0. The second kappa shape index (κ2) is 15.0. The fraction of sp³-hybridized carbons (Fsp3) is 0.556. The Morgan fingerprint density at radius 1 is 1.03 bits per heavy atom. The highest BCUT2D eigenvalue weighted by Crippen LogP contribution is 2.04. The van der Waals surface area contributed by atoms with Crippen LogP contribution >= 0.6 is 25.3 Å². The lowest BCUT2D eigenvalue weighted by atomic mass is 10.1. The third-order valence-electron chi connectivity index (χ3n) is 4.52. The standard InChI is InChI=1S/C18H31N9O5S2/c19-10(6-33)14(28)27-13(7-34)16(30)26-12(4-9-5-22-8-24-9)15(29)25-11(17(31)32)2-1-3-23-18(20)21/h5,8,10-13,33-34H,1-4,6-7,19H2,(H,22,24)(H,25,29)(H,26,30)(H,27,28)(H,31,32)(H4,20,21,23). The number of carbonyl (C=O) groups excluding carboxylic acids is 3. The Bertz CT molecular complexity index is 849. The van der Waals surface area contributed by atoms with Crippen LogP contribution in [0.3, 0.4) is 0 Å². The van der Waals surface area contributed by atoms with Crippen LogP contribution in [0.15, 0.2) is 17.5 Å². The molecule has 0 bridgehead atoms. The number of aliphatic carboxylic acids is 1. The molecule has 0 spiro atoms. The Morgan fingerprint density at radius 3 is 2.18 bits per heavy atom. The van der Waals surface area contributed by atoms with E-state index in [0.29, 0.717) is 12.1 Å². The monoisotopic (exact) mass is 517 g/mol. The predicted molar refractivity (Wildman–Crippen MR) is 131 cm³/mol. The summed E-state index contributed by atoms with van der Waals surface area (Å²) in [6.07, 6.45) is 3.19. The van der Waals surface area contributed by atoms with Gasteiger partial charge in [-0.2, -0.15) is 25.3 Å². The van der Waals surface area contributed by atoms with E-state index in [1.165, 1.54) is 12.5 Å². The minimum atomic E-state index is -1.26. The number of imidazole rings is 1. The van der Waals surface area contributed by atoms with E-state index in [1.54, 1.807) is 0 Å². The van der Waals surface area contributed by atoms with Crippen molar-refractivity contribution in [3.8, 4) is 0 Å². The molecule has 1 aromatic heterocycles. The summed E-state index contributed by atoms with van der Waals surface area (Å²) in [6.45, 7) is 0.189. The van der Waals surface area contributed by atoms with E-state index in [2.05, 4.69) is 56.2 Å². The van der Waals surface area contributed by atoms with Gasteiger partial charge in [-0.3, -0.25) is 19.4 Å². The number of thiol groups is 2. The molecule has 0 saturated carbocycles. The molecule has 0 aliphatic heterocycles. The summed E-state index contributed by atoms with van der Waals surface area (Å²) >= 11 is 8.02. The van der Waals surface area contributed by atoms with Gasteiger partial charge in [-0.15, -0.1) is 0 Å². The van der Waals surface area contributed by atoms with Crippen molar-refractivity contribution >= 4 is 54.9 Å². The number of aliphatic imine (C=N–C) groups is 1. The van der Waals surface area contributed by atoms with Gasteiger partial charge >= 0.3 is 5.97 Å². The van der Waals surface area contributed by atoms with Gasteiger partial charge < -0.3 is 43.2 Å². The SMILES string of the molecule is NC(N)=NCCCC(NC(=O)C(Cc1cnc[nH]1)NC(=O)C(CS)NC(=O)C(N)CS)C(=O)O. The third kappa shape index (κ3) is 10.3.